The predicted octanol–water partition coefficient (Wildman–Crippen LogP) is 3.05. The van der Waals surface area contributed by atoms with Gasteiger partial charge in [0.1, 0.15) is 22.0 Å². The highest BCUT2D eigenvalue weighted by atomic mass is 32.2. The van der Waals surface area contributed by atoms with Crippen molar-refractivity contribution in [1.82, 2.24) is 0 Å². The molecule has 11 nitrogen and oxygen atoms in total. The average Bonchev–Trinajstić information content (AvgIpc) is 2.65. The summed E-state index contributed by atoms with van der Waals surface area (Å²) >= 11 is 0. The van der Waals surface area contributed by atoms with Crippen molar-refractivity contribution in [2.24, 2.45) is 10.2 Å². The van der Waals surface area contributed by atoms with Crippen molar-refractivity contribution < 1.29 is 35.8 Å². The molecular formula is C17H15N3O8S2. The van der Waals surface area contributed by atoms with Crippen LogP contribution in [0.5, 0.6) is 11.5 Å². The Bertz CT molecular complexity index is 1400. The Morgan fingerprint density at radius 3 is 2.23 bits per heavy atom. The van der Waals surface area contributed by atoms with Crippen molar-refractivity contribution in [1.29, 1.82) is 0 Å². The van der Waals surface area contributed by atoms with Crippen molar-refractivity contribution in [2.45, 2.75) is 9.79 Å². The fourth-order valence-electron chi connectivity index (χ4n) is 2.68. The van der Waals surface area contributed by atoms with Crippen LogP contribution in [0.1, 0.15) is 0 Å². The predicted molar refractivity (Wildman–Crippen MR) is 107 cm³/mol. The molecule has 0 aliphatic carbocycles. The highest BCUT2D eigenvalue weighted by Crippen LogP contribution is 2.42. The van der Waals surface area contributed by atoms with Gasteiger partial charge >= 0.3 is 0 Å². The third kappa shape index (κ3) is 4.18. The second-order valence-corrected chi connectivity index (χ2v) is 8.85. The zero-order valence-electron chi connectivity index (χ0n) is 15.2. The van der Waals surface area contributed by atoms with Gasteiger partial charge < -0.3 is 15.6 Å². The van der Waals surface area contributed by atoms with Crippen LogP contribution in [-0.4, -0.2) is 38.2 Å². The zero-order chi connectivity index (χ0) is 22.3. The summed E-state index contributed by atoms with van der Waals surface area (Å²) in [4.78, 5) is -1.25. The van der Waals surface area contributed by atoms with Crippen LogP contribution in [0.4, 0.5) is 17.1 Å². The number of hydrogen-bond acceptors (Lipinski definition) is 9. The molecule has 0 bridgehead atoms. The molecule has 5 N–H and O–H groups in total. The van der Waals surface area contributed by atoms with Crippen LogP contribution < -0.4 is 10.5 Å². The largest absolute Gasteiger partial charge is 0.505 e. The lowest BCUT2D eigenvalue weighted by atomic mass is 10.1. The Labute approximate surface area is 170 Å². The highest BCUT2D eigenvalue weighted by molar-refractivity contribution is 7.86. The average molecular weight is 453 g/mol. The number of fused-ring (bicyclic) bond motifs is 1. The van der Waals surface area contributed by atoms with Gasteiger partial charge in [-0.05, 0) is 47.9 Å². The molecule has 3 rings (SSSR count). The molecule has 0 aliphatic heterocycles. The molecule has 0 saturated heterocycles. The number of ether oxygens (including phenoxy) is 1. The molecule has 0 saturated carbocycles. The number of azo groups is 1. The Hall–Kier alpha value is -3.26. The molecule has 0 spiro atoms. The number of benzene rings is 3. The number of phenolic OH excluding ortho intramolecular Hbond substituents is 1. The summed E-state index contributed by atoms with van der Waals surface area (Å²) in [7, 11) is -8.13. The molecule has 0 heterocycles. The molecule has 3 aromatic carbocycles. The summed E-state index contributed by atoms with van der Waals surface area (Å²) in [6, 6.07) is 8.54. The normalized spacial score (nSPS) is 12.5. The van der Waals surface area contributed by atoms with Crippen molar-refractivity contribution in [3.63, 3.8) is 0 Å². The molecule has 13 heteroatoms. The second kappa shape index (κ2) is 7.53. The molecule has 3 aromatic rings. The smallest absolute Gasteiger partial charge is 0.296 e. The van der Waals surface area contributed by atoms with Gasteiger partial charge in [0, 0.05) is 11.1 Å². The van der Waals surface area contributed by atoms with Gasteiger partial charge in [-0.25, -0.2) is 0 Å². The molecule has 0 amide bonds. The van der Waals surface area contributed by atoms with Gasteiger partial charge in [-0.3, -0.25) is 9.11 Å². The number of nitrogens with zero attached hydrogens (tertiary/aromatic N) is 2. The number of aromatic hydroxyl groups is 1. The van der Waals surface area contributed by atoms with Gasteiger partial charge in [0.05, 0.1) is 12.0 Å². The quantitative estimate of drug-likeness (QED) is 0.255. The molecule has 0 radical (unpaired) electrons. The minimum absolute atomic E-state index is 0.0487. The van der Waals surface area contributed by atoms with E-state index in [4.69, 9.17) is 10.5 Å². The van der Waals surface area contributed by atoms with Crippen LogP contribution >= 0.6 is 0 Å². The maximum absolute atomic E-state index is 11.8. The van der Waals surface area contributed by atoms with Crippen molar-refractivity contribution in [3.05, 3.63) is 42.5 Å². The van der Waals surface area contributed by atoms with E-state index in [9.17, 15) is 31.0 Å². The van der Waals surface area contributed by atoms with E-state index in [1.807, 2.05) is 0 Å². The van der Waals surface area contributed by atoms with Gasteiger partial charge in [-0.2, -0.15) is 16.8 Å². The third-order valence-corrected chi connectivity index (χ3v) is 5.78. The van der Waals surface area contributed by atoms with E-state index < -0.39 is 41.5 Å². The van der Waals surface area contributed by atoms with Gasteiger partial charge in [0.25, 0.3) is 20.2 Å². The summed E-state index contributed by atoms with van der Waals surface area (Å²) in [5, 5.41) is 18.4. The fourth-order valence-corrected chi connectivity index (χ4v) is 3.83. The standard InChI is InChI=1S/C17H15N3O8S2/c1-28-14-5-3-11(29(22,23)24)8-13(14)19-20-16-15(30(25,26)27)7-9-6-10(18)2-4-12(9)17(16)21/h2-8,21H,18H2,1H3,(H,22,23,24)(H,25,26,27). The minimum atomic E-state index is -4.83. The molecule has 0 fully saturated rings. The van der Waals surface area contributed by atoms with Crippen molar-refractivity contribution >= 4 is 48.1 Å². The van der Waals surface area contributed by atoms with Crippen LogP contribution in [-0.2, 0) is 20.2 Å². The first kappa shape index (κ1) is 21.4. The fraction of sp³-hybridized carbons (Fsp3) is 0.0588. The van der Waals surface area contributed by atoms with E-state index in [0.717, 1.165) is 18.2 Å². The van der Waals surface area contributed by atoms with E-state index in [1.54, 1.807) is 0 Å². The van der Waals surface area contributed by atoms with Crippen LogP contribution in [0.2, 0.25) is 0 Å². The zero-order valence-corrected chi connectivity index (χ0v) is 16.8. The van der Waals surface area contributed by atoms with Crippen LogP contribution in [0, 0.1) is 0 Å². The summed E-state index contributed by atoms with van der Waals surface area (Å²) in [6.45, 7) is 0. The Kier molecular flexibility index (Phi) is 5.38. The summed E-state index contributed by atoms with van der Waals surface area (Å²) in [5.74, 6) is -0.554. The van der Waals surface area contributed by atoms with Crippen molar-refractivity contribution in [2.75, 3.05) is 12.8 Å². The van der Waals surface area contributed by atoms with Crippen LogP contribution in [0.15, 0.2) is 62.5 Å². The molecule has 158 valence electrons. The monoisotopic (exact) mass is 453 g/mol. The number of nitrogens with two attached hydrogens (primary N) is 1. The van der Waals surface area contributed by atoms with Gasteiger partial charge in [0.2, 0.25) is 0 Å². The number of phenols is 1. The maximum atomic E-state index is 11.8. The lowest BCUT2D eigenvalue weighted by molar-refractivity contribution is 0.415. The van der Waals surface area contributed by atoms with Crippen LogP contribution in [0.25, 0.3) is 10.8 Å². The van der Waals surface area contributed by atoms with Crippen molar-refractivity contribution in [3.8, 4) is 11.5 Å². The summed E-state index contributed by atoms with van der Waals surface area (Å²) in [5.41, 5.74) is 5.19. The topological polar surface area (TPSA) is 189 Å². The van der Waals surface area contributed by atoms with Gasteiger partial charge in [-0.1, -0.05) is 0 Å². The minimum Gasteiger partial charge on any atom is -0.505 e. The number of nitrogen functional groups attached to an aromatic ring is 1. The lowest BCUT2D eigenvalue weighted by Crippen LogP contribution is -1.99. The first-order chi connectivity index (χ1) is 13.9. The first-order valence-electron chi connectivity index (χ1n) is 8.02. The third-order valence-electron chi connectivity index (χ3n) is 4.06. The molecule has 0 atom stereocenters. The number of hydrogen-bond donors (Lipinski definition) is 4. The Balaban J connectivity index is 2.27. The van der Waals surface area contributed by atoms with E-state index in [-0.39, 0.29) is 22.2 Å². The number of rotatable bonds is 5. The lowest BCUT2D eigenvalue weighted by Gasteiger charge is -2.10. The van der Waals surface area contributed by atoms with E-state index >= 15 is 0 Å². The molecule has 0 aliphatic rings. The van der Waals surface area contributed by atoms with E-state index in [1.165, 1.54) is 31.4 Å². The summed E-state index contributed by atoms with van der Waals surface area (Å²) < 4.78 is 70.2. The SMILES string of the molecule is COc1ccc(S(=O)(=O)O)cc1N=Nc1c(S(=O)(=O)O)cc2cc(N)ccc2c1O. The maximum Gasteiger partial charge on any atom is 0.296 e. The van der Waals surface area contributed by atoms with E-state index in [2.05, 4.69) is 10.2 Å². The number of anilines is 1. The highest BCUT2D eigenvalue weighted by Gasteiger charge is 2.22. The molecular weight excluding hydrogens is 438 g/mol. The van der Waals surface area contributed by atoms with E-state index in [0.29, 0.717) is 5.69 Å². The van der Waals surface area contributed by atoms with Gasteiger partial charge in [0.15, 0.2) is 5.75 Å². The second-order valence-electron chi connectivity index (χ2n) is 6.04. The Morgan fingerprint density at radius 2 is 1.63 bits per heavy atom. The van der Waals surface area contributed by atoms with Crippen LogP contribution in [0.3, 0.4) is 0 Å². The van der Waals surface area contributed by atoms with Gasteiger partial charge in [-0.15, -0.1) is 10.2 Å². The molecule has 30 heavy (non-hydrogen) atoms. The summed E-state index contributed by atoms with van der Waals surface area (Å²) in [6.07, 6.45) is 0. The first-order valence-corrected chi connectivity index (χ1v) is 10.9. The molecule has 0 unspecified atom stereocenters. The molecule has 0 aromatic heterocycles. The number of methoxy groups -OCH3 is 1. The Morgan fingerprint density at radius 1 is 0.933 bits per heavy atom.